The van der Waals surface area contributed by atoms with E-state index in [1.807, 2.05) is 41.5 Å². The fourth-order valence-electron chi connectivity index (χ4n) is 2.51. The number of hydrogen-bond donors (Lipinski definition) is 0. The predicted molar refractivity (Wildman–Crippen MR) is 309 cm³/mol. The number of alkyl halides is 6. The number of unbranched alkanes of at least 4 members (excludes halogenated alkanes) is 3. The zero-order chi connectivity index (χ0) is 60.2. The van der Waals surface area contributed by atoms with E-state index < -0.39 is 30.6 Å². The molecule has 0 rings (SSSR count). The summed E-state index contributed by atoms with van der Waals surface area (Å²) in [6, 6.07) is 0. The maximum atomic E-state index is 11.6. The van der Waals surface area contributed by atoms with Crippen LogP contribution in [0.3, 0.4) is 0 Å². The molecule has 2 unspecified atom stereocenters. The van der Waals surface area contributed by atoms with E-state index in [9.17, 15) is 26.3 Å². The van der Waals surface area contributed by atoms with Gasteiger partial charge in [0.1, 0.15) is 0 Å². The molecule has 0 aromatic carbocycles. The first-order chi connectivity index (χ1) is 31.2. The Hall–Kier alpha value is -0.420. The third kappa shape index (κ3) is 250. The van der Waals surface area contributed by atoms with Crippen molar-refractivity contribution >= 4 is 0 Å². The maximum absolute atomic E-state index is 11.6. The van der Waals surface area contributed by atoms with Crippen molar-refractivity contribution in [2.75, 3.05) is 0 Å². The van der Waals surface area contributed by atoms with Gasteiger partial charge in [0.05, 0.1) is 11.8 Å². The quantitative estimate of drug-likeness (QED) is 0.181. The average molecular weight is 993 g/mol. The molecule has 0 aliphatic heterocycles. The topological polar surface area (TPSA) is 0 Å². The molecule has 0 aromatic rings. The lowest BCUT2D eigenvalue weighted by Crippen LogP contribution is -2.19. The van der Waals surface area contributed by atoms with Gasteiger partial charge in [-0.2, -0.15) is 26.3 Å². The monoisotopic (exact) mass is 992 g/mol. The Balaban J connectivity index is -0.0000000463. The second-order valence-corrected chi connectivity index (χ2v) is 21.3. The second kappa shape index (κ2) is 79.7. The van der Waals surface area contributed by atoms with Crippen molar-refractivity contribution in [3.05, 3.63) is 0 Å². The van der Waals surface area contributed by atoms with Crippen LogP contribution in [0.15, 0.2) is 0 Å². The predicted octanol–water partition coefficient (Wildman–Crippen LogP) is 26.9. The summed E-state index contributed by atoms with van der Waals surface area (Å²) in [5, 5.41) is 0. The van der Waals surface area contributed by atoms with Crippen molar-refractivity contribution in [3.8, 4) is 0 Å². The van der Waals surface area contributed by atoms with E-state index in [-0.39, 0.29) is 18.7 Å². The molecule has 0 radical (unpaired) electrons. The summed E-state index contributed by atoms with van der Waals surface area (Å²) in [5.41, 5.74) is 1.09. The fraction of sp³-hybridized carbons (Fsp3) is 1.00. The molecule has 0 aliphatic rings. The van der Waals surface area contributed by atoms with E-state index in [2.05, 4.69) is 159 Å². The Labute approximate surface area is 432 Å². The minimum Gasteiger partial charge on any atom is -0.171 e. The number of halogens is 6. The Morgan fingerprint density at radius 3 is 0.672 bits per heavy atom. The summed E-state index contributed by atoms with van der Waals surface area (Å²) < 4.78 is 89.9. The molecule has 0 saturated carbocycles. The Morgan fingerprint density at radius 1 is 0.403 bits per heavy atom. The molecule has 2 atom stereocenters. The van der Waals surface area contributed by atoms with Gasteiger partial charge in [-0.15, -0.1) is 0 Å². The summed E-state index contributed by atoms with van der Waals surface area (Å²) in [6.45, 7) is 69.5. The lowest BCUT2D eigenvalue weighted by molar-refractivity contribution is -0.171. The van der Waals surface area contributed by atoms with Crippen molar-refractivity contribution in [3.63, 3.8) is 0 Å². The van der Waals surface area contributed by atoms with Gasteiger partial charge in [0.15, 0.2) is 0 Å². The highest BCUT2D eigenvalue weighted by Crippen LogP contribution is 2.29. The standard InChI is InChI=1S/C7H16.C6H11F3.2C6H14.C5H9F3.2C5H12.4C4H10.C3H8.C2H6/c1-5-6-7(2,3)4;1-3-4-5(2)6(7,8)9;1-5-6(2,3)4;1-4-5-6(2)3;1-3-4(2)5(6,7)8;1-4-5(2)3;1-3-5-4-2;2*1-4(2)3;2*1-3-4-2;1-3-2;1-2/h5-6H2,1-4H3;5H,3-4H2,1-2H3;5H2,1-4H3;6H,4-5H2,1-3H3;4H,3H2,1-2H3;5H,4H2,1-3H3;3-5H2,1-2H3;2*4H,1-3H3;2*3-4H2,1-2H3;3H2,1-2H3;1-2H3/i;;;;;;;4D;;3D2;;;. The van der Waals surface area contributed by atoms with Crippen LogP contribution in [-0.4, -0.2) is 12.4 Å². The first kappa shape index (κ1) is 89.4. The molecule has 0 saturated heterocycles. The molecule has 67 heavy (non-hydrogen) atoms. The van der Waals surface area contributed by atoms with Crippen molar-refractivity contribution in [1.29, 1.82) is 0 Å². The van der Waals surface area contributed by atoms with E-state index >= 15 is 0 Å². The Kier molecular flexibility index (Phi) is 106. The van der Waals surface area contributed by atoms with E-state index in [0.717, 1.165) is 17.8 Å². The van der Waals surface area contributed by atoms with Gasteiger partial charge in [0.2, 0.25) is 0 Å². The van der Waals surface area contributed by atoms with E-state index in [0.29, 0.717) is 23.7 Å². The summed E-state index contributed by atoms with van der Waals surface area (Å²) in [5.74, 6) is 0.0787. The molecule has 0 nitrogen and oxygen atoms in total. The Morgan fingerprint density at radius 2 is 0.657 bits per heavy atom. The van der Waals surface area contributed by atoms with Crippen LogP contribution in [0, 0.1) is 46.3 Å². The van der Waals surface area contributed by atoms with Crippen molar-refractivity contribution in [2.45, 2.75) is 357 Å². The second-order valence-electron chi connectivity index (χ2n) is 21.3. The van der Waals surface area contributed by atoms with Crippen LogP contribution in [0.5, 0.6) is 0 Å². The smallest absolute Gasteiger partial charge is 0.171 e. The Bertz CT molecular complexity index is 770. The highest BCUT2D eigenvalue weighted by Gasteiger charge is 2.35. The highest BCUT2D eigenvalue weighted by atomic mass is 19.4. The third-order valence-corrected chi connectivity index (χ3v) is 7.76. The normalized spacial score (nSPS) is 12.0. The van der Waals surface area contributed by atoms with Gasteiger partial charge in [-0.1, -0.05) is 325 Å². The molecule has 0 bridgehead atoms. The van der Waals surface area contributed by atoms with Crippen LogP contribution >= 0.6 is 0 Å². The van der Waals surface area contributed by atoms with Crippen LogP contribution in [-0.2, 0) is 0 Å². The van der Waals surface area contributed by atoms with Crippen LogP contribution < -0.4 is 0 Å². The molecule has 0 amide bonds. The molecule has 0 aromatic heterocycles. The van der Waals surface area contributed by atoms with Crippen LogP contribution in [0.4, 0.5) is 26.3 Å². The summed E-state index contributed by atoms with van der Waals surface area (Å²) in [4.78, 5) is 0. The van der Waals surface area contributed by atoms with Crippen LogP contribution in [0.25, 0.3) is 0 Å². The molecule has 0 aliphatic carbocycles. The minimum atomic E-state index is -3.99. The SMILES string of the molecule is CC.CC(C)C.CCC.CCC(C)(C)C.CCC(C)C.CCC(C)C(F)(F)F.CCCC.CCCC(C)(C)C.CCCC(C)C.CCCC(C)C(F)(F)F.CCCCC.[2H]C(C)(C)C.[2H]C([2H])(C)CC. The van der Waals surface area contributed by atoms with Gasteiger partial charge in [0.25, 0.3) is 0 Å². The summed E-state index contributed by atoms with van der Waals surface area (Å²) in [6.07, 6.45) is 8.57. The van der Waals surface area contributed by atoms with Gasteiger partial charge in [0, 0.05) is 4.11 Å². The van der Waals surface area contributed by atoms with Crippen molar-refractivity contribution in [1.82, 2.24) is 0 Å². The van der Waals surface area contributed by atoms with Crippen LogP contribution in [0.2, 0.25) is 0 Å². The molecular weight excluding hydrogens is 847 g/mol. The van der Waals surface area contributed by atoms with Gasteiger partial charge in [-0.05, 0) is 53.7 Å². The van der Waals surface area contributed by atoms with Crippen molar-refractivity contribution in [2.24, 2.45) is 46.3 Å². The first-order valence-corrected chi connectivity index (χ1v) is 27.8. The zero-order valence-electron chi connectivity index (χ0n) is 56.5. The number of rotatable bonds is 11. The lowest BCUT2D eigenvalue weighted by Gasteiger charge is -2.15. The van der Waals surface area contributed by atoms with Crippen molar-refractivity contribution < 1.29 is 30.5 Å². The van der Waals surface area contributed by atoms with Gasteiger partial charge in [-0.25, -0.2) is 0 Å². The molecule has 428 valence electrons. The summed E-state index contributed by atoms with van der Waals surface area (Å²) >= 11 is 0. The average Bonchev–Trinajstić information content (AvgIpc) is 3.18. The molecule has 0 heterocycles. The molecule has 0 N–H and O–H groups in total. The molecule has 6 heteroatoms. The van der Waals surface area contributed by atoms with Gasteiger partial charge in [-0.3, -0.25) is 0 Å². The van der Waals surface area contributed by atoms with E-state index in [4.69, 9.17) is 4.11 Å². The van der Waals surface area contributed by atoms with Gasteiger partial charge < -0.3 is 0 Å². The third-order valence-electron chi connectivity index (χ3n) is 7.76. The van der Waals surface area contributed by atoms with E-state index in [1.54, 1.807) is 13.8 Å². The molecule has 0 fully saturated rings. The maximum Gasteiger partial charge on any atom is 0.391 e. The first-order valence-electron chi connectivity index (χ1n) is 29.3. The van der Waals surface area contributed by atoms with Crippen LogP contribution in [0.1, 0.15) is 349 Å². The van der Waals surface area contributed by atoms with Gasteiger partial charge >= 0.3 is 12.4 Å². The molecule has 0 spiro atoms. The van der Waals surface area contributed by atoms with E-state index in [1.165, 1.54) is 97.8 Å². The highest BCUT2D eigenvalue weighted by molar-refractivity contribution is 4.60. The molecular formula is C61H142F6. The lowest BCUT2D eigenvalue weighted by atomic mass is 9.91. The minimum absolute atomic E-state index is 0.170. The fourth-order valence-corrected chi connectivity index (χ4v) is 2.51. The number of hydrogen-bond acceptors (Lipinski definition) is 0. The zero-order valence-corrected chi connectivity index (χ0v) is 53.5. The summed E-state index contributed by atoms with van der Waals surface area (Å²) in [7, 11) is 0. The largest absolute Gasteiger partial charge is 0.391 e.